The number of alkyl halides is 6. The van der Waals surface area contributed by atoms with Gasteiger partial charge in [0.2, 0.25) is 5.91 Å². The van der Waals surface area contributed by atoms with E-state index >= 15 is 0 Å². The molecule has 0 saturated carbocycles. The lowest BCUT2D eigenvalue weighted by molar-refractivity contribution is -0.145. The minimum absolute atomic E-state index is 0.0258. The molecular formula is C21H24F8N4OS. The first kappa shape index (κ1) is 27.5. The second kappa shape index (κ2) is 10.5. The van der Waals surface area contributed by atoms with Crippen molar-refractivity contribution in [3.05, 3.63) is 34.9 Å². The summed E-state index contributed by atoms with van der Waals surface area (Å²) in [6.45, 7) is -1.20. The Morgan fingerprint density at radius 2 is 1.71 bits per heavy atom. The fourth-order valence-electron chi connectivity index (χ4n) is 4.76. The second-order valence-corrected chi connectivity index (χ2v) is 9.29. The van der Waals surface area contributed by atoms with Gasteiger partial charge in [0.15, 0.2) is 0 Å². The second-order valence-electron chi connectivity index (χ2n) is 8.74. The van der Waals surface area contributed by atoms with Crippen LogP contribution in [0.2, 0.25) is 0 Å². The maximum atomic E-state index is 13.9. The van der Waals surface area contributed by atoms with Gasteiger partial charge in [0, 0.05) is 31.6 Å². The van der Waals surface area contributed by atoms with Gasteiger partial charge in [-0.3, -0.25) is 9.69 Å². The lowest BCUT2D eigenvalue weighted by atomic mass is 9.85. The first-order valence-electron chi connectivity index (χ1n) is 10.8. The Morgan fingerprint density at radius 3 is 2.26 bits per heavy atom. The Labute approximate surface area is 201 Å². The molecule has 2 N–H and O–H groups in total. The number of likely N-dealkylation sites (tertiary alicyclic amines) is 2. The molecular weight excluding hydrogens is 508 g/mol. The lowest BCUT2D eigenvalue weighted by Crippen LogP contribution is -2.51. The summed E-state index contributed by atoms with van der Waals surface area (Å²) in [6, 6.07) is 0.862. The highest BCUT2D eigenvalue weighted by atomic mass is 32.1. The molecule has 2 atom stereocenters. The predicted molar refractivity (Wildman–Crippen MR) is 115 cm³/mol. The van der Waals surface area contributed by atoms with Crippen molar-refractivity contribution >= 4 is 24.2 Å². The highest BCUT2D eigenvalue weighted by Gasteiger charge is 2.42. The third kappa shape index (κ3) is 6.57. The van der Waals surface area contributed by atoms with Gasteiger partial charge in [-0.15, -0.1) is 0 Å². The number of rotatable bonds is 4. The summed E-state index contributed by atoms with van der Waals surface area (Å²) in [7, 11) is 0. The smallest absolute Gasteiger partial charge is 0.342 e. The van der Waals surface area contributed by atoms with Crippen molar-refractivity contribution < 1.29 is 39.9 Å². The summed E-state index contributed by atoms with van der Waals surface area (Å²) in [5.74, 6) is 0.679. The molecule has 1 aromatic rings. The van der Waals surface area contributed by atoms with Gasteiger partial charge in [0.25, 0.3) is 0 Å². The molecule has 1 aromatic carbocycles. The van der Waals surface area contributed by atoms with Crippen LogP contribution in [-0.4, -0.2) is 65.6 Å². The number of nitrogens with zero attached hydrogens (tertiary/aromatic N) is 3. The van der Waals surface area contributed by atoms with Gasteiger partial charge in [-0.25, -0.2) is 8.78 Å². The Bertz CT molecular complexity index is 960. The molecule has 2 heterocycles. The van der Waals surface area contributed by atoms with E-state index in [2.05, 4.69) is 17.7 Å². The Balaban J connectivity index is 1.66. The maximum Gasteiger partial charge on any atom is 0.419 e. The van der Waals surface area contributed by atoms with E-state index in [0.29, 0.717) is 6.07 Å². The molecule has 2 unspecified atom stereocenters. The zero-order valence-electron chi connectivity index (χ0n) is 18.3. The number of hydrogen-bond donors (Lipinski definition) is 2. The molecule has 0 radical (unpaired) electrons. The van der Waals surface area contributed by atoms with E-state index in [9.17, 15) is 39.9 Å². The summed E-state index contributed by atoms with van der Waals surface area (Å²) in [5.41, 5.74) is -1.79. The van der Waals surface area contributed by atoms with E-state index in [-0.39, 0.29) is 57.2 Å². The van der Waals surface area contributed by atoms with Gasteiger partial charge >= 0.3 is 12.4 Å². The number of benzene rings is 1. The molecule has 1 amide bonds. The number of hydrogen-bond acceptors (Lipinski definition) is 5. The van der Waals surface area contributed by atoms with Crippen LogP contribution in [0.15, 0.2) is 17.2 Å². The highest BCUT2D eigenvalue weighted by molar-refractivity contribution is 7.81. The van der Waals surface area contributed by atoms with Crippen LogP contribution in [0, 0.1) is 17.6 Å². The normalized spacial score (nSPS) is 23.1. The minimum Gasteiger partial charge on any atom is -0.342 e. The van der Waals surface area contributed by atoms with Crippen LogP contribution in [-0.2, 0) is 11.0 Å². The Kier molecular flexibility index (Phi) is 8.24. The number of nitrogens with two attached hydrogens (primary N) is 1. The van der Waals surface area contributed by atoms with E-state index in [0.717, 1.165) is 4.90 Å². The van der Waals surface area contributed by atoms with Crippen LogP contribution >= 0.6 is 12.6 Å². The third-order valence-corrected chi connectivity index (χ3v) is 6.97. The number of amides is 1. The van der Waals surface area contributed by atoms with Crippen molar-refractivity contribution in [2.75, 3.05) is 32.7 Å². The van der Waals surface area contributed by atoms with Gasteiger partial charge in [0.1, 0.15) is 11.6 Å². The molecule has 14 heteroatoms. The molecule has 5 nitrogen and oxygen atoms in total. The van der Waals surface area contributed by atoms with Crippen LogP contribution in [0.3, 0.4) is 0 Å². The summed E-state index contributed by atoms with van der Waals surface area (Å²) < 4.78 is 106. The molecule has 2 aliphatic rings. The van der Waals surface area contributed by atoms with Gasteiger partial charge in [-0.1, -0.05) is 0 Å². The molecule has 0 aliphatic carbocycles. The van der Waals surface area contributed by atoms with E-state index < -0.39 is 64.7 Å². The van der Waals surface area contributed by atoms with E-state index in [1.54, 1.807) is 0 Å². The van der Waals surface area contributed by atoms with Crippen LogP contribution < -0.4 is 5.84 Å². The monoisotopic (exact) mass is 532 g/mol. The van der Waals surface area contributed by atoms with E-state index in [4.69, 9.17) is 5.84 Å². The van der Waals surface area contributed by atoms with Gasteiger partial charge < -0.3 is 10.7 Å². The Morgan fingerprint density at radius 1 is 1.09 bits per heavy atom. The van der Waals surface area contributed by atoms with Crippen molar-refractivity contribution in [1.29, 1.82) is 0 Å². The van der Waals surface area contributed by atoms with E-state index in [1.807, 2.05) is 0 Å². The minimum atomic E-state index is -5.00. The molecule has 196 valence electrons. The first-order chi connectivity index (χ1) is 16.2. The first-order valence-corrected chi connectivity index (χ1v) is 11.3. The van der Waals surface area contributed by atoms with Gasteiger partial charge in [0.05, 0.1) is 23.1 Å². The average molecular weight is 533 g/mol. The van der Waals surface area contributed by atoms with Crippen LogP contribution in [0.1, 0.15) is 36.3 Å². The van der Waals surface area contributed by atoms with Crippen molar-refractivity contribution in [3.63, 3.8) is 0 Å². The SMILES string of the molecule is N/N=C1\CN(CC(F)(F)F)CCC1C(S)C(=O)N1CCC(c2cc(F)cc(F)c2C(F)(F)F)CC1. The lowest BCUT2D eigenvalue weighted by Gasteiger charge is -2.38. The molecule has 2 saturated heterocycles. The number of piperidine rings is 2. The molecule has 0 aromatic heterocycles. The summed E-state index contributed by atoms with van der Waals surface area (Å²) in [5, 5.41) is 2.61. The number of carbonyl (C=O) groups excluding carboxylic acids is 1. The largest absolute Gasteiger partial charge is 0.419 e. The third-order valence-electron chi connectivity index (χ3n) is 6.39. The highest BCUT2D eigenvalue weighted by Crippen LogP contribution is 2.41. The molecule has 2 fully saturated rings. The van der Waals surface area contributed by atoms with Crippen LogP contribution in [0.5, 0.6) is 0 Å². The topological polar surface area (TPSA) is 61.9 Å². The van der Waals surface area contributed by atoms with Crippen molar-refractivity contribution in [3.8, 4) is 0 Å². The fraction of sp³-hybridized carbons (Fsp3) is 0.619. The zero-order chi connectivity index (χ0) is 26.1. The molecule has 35 heavy (non-hydrogen) atoms. The van der Waals surface area contributed by atoms with Crippen LogP contribution in [0.4, 0.5) is 35.1 Å². The molecule has 0 bridgehead atoms. The maximum absolute atomic E-state index is 13.9. The van der Waals surface area contributed by atoms with Crippen molar-refractivity contribution in [2.45, 2.75) is 42.8 Å². The van der Waals surface area contributed by atoms with Gasteiger partial charge in [-0.2, -0.15) is 44.1 Å². The van der Waals surface area contributed by atoms with Crippen molar-refractivity contribution in [1.82, 2.24) is 9.80 Å². The standard InChI is InChI=1S/C21H24F8N4OS/c22-12-7-14(17(15(23)8-12)21(27,28)29)11-1-5-33(6-2-11)19(34)18(35)13-3-4-32(9-16(13)31-30)10-20(24,25)26/h7-8,11,13,18,35H,1-6,9-10,30H2/b31-16+. The Hall–Kier alpha value is -2.09. The summed E-state index contributed by atoms with van der Waals surface area (Å²) in [6.07, 6.45) is -9.15. The summed E-state index contributed by atoms with van der Waals surface area (Å²) >= 11 is 4.36. The molecule has 3 rings (SSSR count). The van der Waals surface area contributed by atoms with Gasteiger partial charge in [-0.05, 0) is 43.4 Å². The molecule has 0 spiro atoms. The predicted octanol–water partition coefficient (Wildman–Crippen LogP) is 4.19. The van der Waals surface area contributed by atoms with Crippen molar-refractivity contribution in [2.24, 2.45) is 16.9 Å². The number of carbonyl (C=O) groups is 1. The average Bonchev–Trinajstić information content (AvgIpc) is 2.75. The fourth-order valence-corrected chi connectivity index (χ4v) is 5.25. The number of thiol groups is 1. The zero-order valence-corrected chi connectivity index (χ0v) is 19.2. The quantitative estimate of drug-likeness (QED) is 0.265. The van der Waals surface area contributed by atoms with Crippen LogP contribution in [0.25, 0.3) is 0 Å². The summed E-state index contributed by atoms with van der Waals surface area (Å²) in [4.78, 5) is 15.5. The molecule has 2 aliphatic heterocycles. The number of halogens is 8. The number of hydrazone groups is 1. The van der Waals surface area contributed by atoms with E-state index in [1.165, 1.54) is 4.90 Å².